The van der Waals surface area contributed by atoms with Crippen LogP contribution in [-0.2, 0) is 49.6 Å². The normalized spacial score (nSPS) is 27.2. The van der Waals surface area contributed by atoms with Crippen LogP contribution in [-0.4, -0.2) is 176 Å². The molecule has 24 nitrogen and oxygen atoms in total. The molecule has 0 aliphatic carbocycles. The summed E-state index contributed by atoms with van der Waals surface area (Å²) in [5.74, 6) is -7.43. The van der Waals surface area contributed by atoms with Gasteiger partial charge in [-0.25, -0.2) is 0 Å². The van der Waals surface area contributed by atoms with Gasteiger partial charge in [-0.15, -0.1) is 11.8 Å². The Kier molecular flexibility index (Phi) is 17.7. The third-order valence-electron chi connectivity index (χ3n) is 11.5. The van der Waals surface area contributed by atoms with E-state index in [0.717, 1.165) is 16.7 Å². The minimum atomic E-state index is -1.97. The summed E-state index contributed by atoms with van der Waals surface area (Å²) in [5, 5.41) is 63.7. The van der Waals surface area contributed by atoms with E-state index in [9.17, 15) is 63.6 Å². The number of H-pyrrole nitrogens is 1. The molecule has 1 fully saturated rings. The van der Waals surface area contributed by atoms with Gasteiger partial charge >= 0.3 is 0 Å². The Morgan fingerprint density at radius 2 is 1.57 bits per heavy atom. The zero-order chi connectivity index (χ0) is 49.3. The summed E-state index contributed by atoms with van der Waals surface area (Å²) in [6.45, 7) is 4.21. The van der Waals surface area contributed by atoms with Gasteiger partial charge in [-0.2, -0.15) is 0 Å². The molecule has 2 unspecified atom stereocenters. The largest absolute Gasteiger partial charge is 0.393 e. The summed E-state index contributed by atoms with van der Waals surface area (Å²) in [6.07, 6.45) is -3.42. The zero-order valence-corrected chi connectivity index (χ0v) is 38.4. The number of hydrogen-bond acceptors (Lipinski definition) is 15. The minimum Gasteiger partial charge on any atom is -0.393 e. The Labute approximate surface area is 389 Å². The monoisotopic (exact) mass is 959 g/mol. The van der Waals surface area contributed by atoms with Gasteiger partial charge in [-0.05, 0) is 57.9 Å². The predicted octanol–water partition coefficient (Wildman–Crippen LogP) is -4.56. The van der Waals surface area contributed by atoms with Gasteiger partial charge < -0.3 is 78.6 Å². The van der Waals surface area contributed by atoms with Crippen LogP contribution in [0.4, 0.5) is 5.69 Å². The third-order valence-corrected chi connectivity index (χ3v) is 12.7. The van der Waals surface area contributed by atoms with Crippen molar-refractivity contribution >= 4 is 81.5 Å². The van der Waals surface area contributed by atoms with Crippen molar-refractivity contribution in [3.05, 3.63) is 23.8 Å². The summed E-state index contributed by atoms with van der Waals surface area (Å²) in [6, 6.07) is -5.70. The van der Waals surface area contributed by atoms with Gasteiger partial charge in [-0.3, -0.25) is 43.2 Å². The van der Waals surface area contributed by atoms with E-state index < -0.39 is 114 Å². The quantitative estimate of drug-likeness (QED) is 0.0944. The molecule has 3 aliphatic heterocycles. The first-order valence-corrected chi connectivity index (χ1v) is 23.0. The molecule has 0 spiro atoms. The maximum Gasteiger partial charge on any atom is 0.246 e. The van der Waals surface area contributed by atoms with Gasteiger partial charge in [0.05, 0.1) is 29.4 Å². The topological polar surface area (TPSA) is 376 Å². The van der Waals surface area contributed by atoms with E-state index in [4.69, 9.17) is 5.73 Å². The maximum absolute atomic E-state index is 14.6. The molecular formula is C42H61N11O13S. The number of aliphatic hydroxyl groups excluding tert-OH is 3. The summed E-state index contributed by atoms with van der Waals surface area (Å²) >= 11 is 0.994. The highest BCUT2D eigenvalue weighted by Crippen LogP contribution is 2.34. The molecule has 10 atom stereocenters. The summed E-state index contributed by atoms with van der Waals surface area (Å²) in [4.78, 5) is 127. The van der Waals surface area contributed by atoms with Gasteiger partial charge in [0.1, 0.15) is 42.3 Å². The summed E-state index contributed by atoms with van der Waals surface area (Å²) < 4.78 is 0. The molecule has 15 N–H and O–H groups in total. The lowest BCUT2D eigenvalue weighted by Crippen LogP contribution is -2.61. The third kappa shape index (κ3) is 13.6. The molecule has 25 heteroatoms. The fourth-order valence-electron chi connectivity index (χ4n) is 7.79. The number of carbonyl (C=O) groups excluding carboxylic acids is 9. The first kappa shape index (κ1) is 52.1. The Hall–Kier alpha value is -5.86. The van der Waals surface area contributed by atoms with Crippen LogP contribution >= 0.6 is 11.8 Å². The number of aromatic amines is 1. The van der Waals surface area contributed by atoms with E-state index in [-0.39, 0.29) is 62.9 Å². The van der Waals surface area contributed by atoms with Crippen LogP contribution in [0.15, 0.2) is 23.2 Å². The summed E-state index contributed by atoms with van der Waals surface area (Å²) in [7, 11) is 0. The van der Waals surface area contributed by atoms with Crippen molar-refractivity contribution in [3.8, 4) is 0 Å². The number of carbonyl (C=O) groups is 9. The number of amides is 9. The molecule has 2 aromatic rings. The summed E-state index contributed by atoms with van der Waals surface area (Å²) in [5.41, 5.74) is 4.59. The molecule has 0 saturated carbocycles. The van der Waals surface area contributed by atoms with Crippen molar-refractivity contribution in [2.75, 3.05) is 37.3 Å². The average molecular weight is 960 g/mol. The van der Waals surface area contributed by atoms with Gasteiger partial charge in [-0.1, -0.05) is 0 Å². The van der Waals surface area contributed by atoms with Gasteiger partial charge in [0.25, 0.3) is 0 Å². The van der Waals surface area contributed by atoms with Crippen LogP contribution in [0, 0.1) is 0 Å². The minimum absolute atomic E-state index is 0.0391. The standard InChI is InChI=1S/C42H61N11O13S/c1-19-34(59)48-27-14-25-24-12-22(47-32(58)6-5-11-44-31(57)9-10-43)7-8-26(24)51-40(25)67-17-29(41(65)53-16-23(56)13-30(53)38(63)46-19)50-39(64)33(21(3)55)52-35(60)20(2)45-37(62)28(49-36(27)61)15-42(4,66)18-54/h7-8,12,19-21,23,27-30,33,51,54-56,66H,5-6,9-11,13-18,43H2,1-4H3,(H,44,57)(H,45,62)(H,46,63)(H,47,58)(H,48,59)(H,49,61)(H,50,64)(H,52,60)/t19-,20-,21?,23+,27-,28?,29+,30-,33+,42+/m0/s1. The van der Waals surface area contributed by atoms with Crippen LogP contribution in [0.2, 0.25) is 0 Å². The van der Waals surface area contributed by atoms with E-state index in [2.05, 4.69) is 47.5 Å². The molecule has 1 aromatic heterocycles. The second-order valence-corrected chi connectivity index (χ2v) is 18.4. The lowest BCUT2D eigenvalue weighted by molar-refractivity contribution is -0.142. The first-order valence-electron chi connectivity index (χ1n) is 22.0. The van der Waals surface area contributed by atoms with Gasteiger partial charge in [0.15, 0.2) is 0 Å². The van der Waals surface area contributed by atoms with Crippen LogP contribution in [0.5, 0.6) is 0 Å². The Morgan fingerprint density at radius 3 is 2.24 bits per heavy atom. The number of aromatic nitrogens is 1. The number of hydrogen-bond donors (Lipinski definition) is 14. The maximum atomic E-state index is 14.6. The lowest BCUT2D eigenvalue weighted by atomic mass is 9.96. The number of nitrogens with two attached hydrogens (primary N) is 1. The van der Waals surface area contributed by atoms with Crippen LogP contribution in [0.25, 0.3) is 10.9 Å². The van der Waals surface area contributed by atoms with Crippen molar-refractivity contribution in [2.24, 2.45) is 5.73 Å². The van der Waals surface area contributed by atoms with Crippen molar-refractivity contribution in [1.82, 2.24) is 47.1 Å². The molecule has 368 valence electrons. The molecule has 9 amide bonds. The smallest absolute Gasteiger partial charge is 0.246 e. The molecule has 67 heavy (non-hydrogen) atoms. The predicted molar refractivity (Wildman–Crippen MR) is 240 cm³/mol. The number of anilines is 1. The Bertz CT molecular complexity index is 2220. The van der Waals surface area contributed by atoms with Crippen molar-refractivity contribution in [1.29, 1.82) is 0 Å². The second-order valence-electron chi connectivity index (χ2n) is 17.4. The number of rotatable bonds is 11. The highest BCUT2D eigenvalue weighted by Gasteiger charge is 2.44. The average Bonchev–Trinajstić information content (AvgIpc) is 3.83. The SMILES string of the molecule is CC(O)[C@H]1NC(=O)[C@H](C)NC(=O)C(C[C@@](C)(O)CO)NC(=O)[C@@H]2Cc3c([nH]c4ccc(NC(=O)CCCNC(=O)CCN)cc34)SC[C@@H](NC1=O)C(=O)N1C[C@H](O)C[C@H]1C(=O)N[C@@H](C)C(=O)N2. The molecule has 3 aliphatic rings. The number of thioether (sulfide) groups is 1. The Morgan fingerprint density at radius 1 is 0.896 bits per heavy atom. The first-order chi connectivity index (χ1) is 31.6. The van der Waals surface area contributed by atoms with Crippen molar-refractivity contribution in [3.63, 3.8) is 0 Å². The zero-order valence-electron chi connectivity index (χ0n) is 37.6. The molecule has 4 heterocycles. The van der Waals surface area contributed by atoms with E-state index in [1.807, 2.05) is 0 Å². The van der Waals surface area contributed by atoms with E-state index >= 15 is 0 Å². The molecule has 1 saturated heterocycles. The molecule has 5 rings (SSSR count). The molecule has 0 radical (unpaired) electrons. The number of aliphatic hydroxyl groups is 4. The second kappa shape index (κ2) is 22.8. The van der Waals surface area contributed by atoms with Gasteiger partial charge in [0.2, 0.25) is 53.2 Å². The van der Waals surface area contributed by atoms with E-state index in [1.165, 1.54) is 27.7 Å². The number of nitrogens with one attached hydrogen (secondary N) is 9. The van der Waals surface area contributed by atoms with Crippen LogP contribution < -0.4 is 48.3 Å². The number of fused-ring (bicyclic) bond motifs is 5. The lowest BCUT2D eigenvalue weighted by Gasteiger charge is -2.31. The van der Waals surface area contributed by atoms with Crippen molar-refractivity contribution < 1.29 is 63.6 Å². The highest BCUT2D eigenvalue weighted by atomic mass is 32.2. The molecule has 1 aromatic carbocycles. The Balaban J connectivity index is 1.66. The fraction of sp³-hybridized carbons (Fsp3) is 0.595. The van der Waals surface area contributed by atoms with Gasteiger partial charge in [0, 0.05) is 74.1 Å². The fourth-order valence-corrected chi connectivity index (χ4v) is 8.90. The molecule has 2 bridgehead atoms. The number of benzene rings is 1. The van der Waals surface area contributed by atoms with Crippen molar-refractivity contribution in [2.45, 2.75) is 131 Å². The number of nitrogens with zero attached hydrogens (tertiary/aromatic N) is 1. The van der Waals surface area contributed by atoms with E-state index in [1.54, 1.807) is 18.2 Å². The molecular weight excluding hydrogens is 899 g/mol. The van der Waals surface area contributed by atoms with Crippen LogP contribution in [0.1, 0.15) is 65.4 Å². The van der Waals surface area contributed by atoms with Crippen LogP contribution in [0.3, 0.4) is 0 Å². The van der Waals surface area contributed by atoms with E-state index in [0.29, 0.717) is 33.6 Å². The highest BCUT2D eigenvalue weighted by molar-refractivity contribution is 7.99.